The second-order valence-corrected chi connectivity index (χ2v) is 4.86. The van der Waals surface area contributed by atoms with Crippen LogP contribution in [-0.2, 0) is 4.74 Å². The lowest BCUT2D eigenvalue weighted by molar-refractivity contribution is 0.151. The monoisotopic (exact) mass is 214 g/mol. The quantitative estimate of drug-likeness (QED) is 0.647. The van der Waals surface area contributed by atoms with Gasteiger partial charge in [0.05, 0.1) is 0 Å². The molecule has 1 atom stereocenters. The van der Waals surface area contributed by atoms with Gasteiger partial charge in [-0.15, -0.1) is 0 Å². The molecule has 1 fully saturated rings. The van der Waals surface area contributed by atoms with Crippen molar-refractivity contribution in [1.29, 1.82) is 0 Å². The Morgan fingerprint density at radius 3 is 2.80 bits per heavy atom. The minimum atomic E-state index is 0.530. The molecular formula is C12H26N2O. The van der Waals surface area contributed by atoms with E-state index in [0.29, 0.717) is 5.41 Å². The summed E-state index contributed by atoms with van der Waals surface area (Å²) in [5.41, 5.74) is 0.530. The molecule has 1 rings (SSSR count). The highest BCUT2D eigenvalue weighted by atomic mass is 16.5. The Morgan fingerprint density at radius 1 is 1.47 bits per heavy atom. The Kier molecular flexibility index (Phi) is 5.58. The summed E-state index contributed by atoms with van der Waals surface area (Å²) in [4.78, 5) is 2.45. The van der Waals surface area contributed by atoms with E-state index in [-0.39, 0.29) is 0 Å². The first-order valence-corrected chi connectivity index (χ1v) is 6.11. The Morgan fingerprint density at radius 2 is 2.27 bits per heavy atom. The third kappa shape index (κ3) is 4.09. The molecule has 0 aromatic heterocycles. The third-order valence-electron chi connectivity index (χ3n) is 3.58. The van der Waals surface area contributed by atoms with Crippen molar-refractivity contribution in [3.05, 3.63) is 0 Å². The summed E-state index contributed by atoms with van der Waals surface area (Å²) in [7, 11) is 4.00. The highest BCUT2D eigenvalue weighted by molar-refractivity contribution is 4.88. The van der Waals surface area contributed by atoms with Gasteiger partial charge in [0.15, 0.2) is 0 Å². The molecule has 3 nitrogen and oxygen atoms in total. The van der Waals surface area contributed by atoms with Crippen molar-refractivity contribution in [2.24, 2.45) is 5.41 Å². The van der Waals surface area contributed by atoms with Crippen LogP contribution < -0.4 is 5.32 Å². The maximum atomic E-state index is 5.07. The molecule has 3 heteroatoms. The minimum Gasteiger partial charge on any atom is -0.385 e. The van der Waals surface area contributed by atoms with Crippen molar-refractivity contribution >= 4 is 0 Å². The van der Waals surface area contributed by atoms with Crippen LogP contribution in [-0.4, -0.2) is 51.8 Å². The molecule has 1 N–H and O–H groups in total. The van der Waals surface area contributed by atoms with Crippen LogP contribution in [0.4, 0.5) is 0 Å². The fraction of sp³-hybridized carbons (Fsp3) is 1.00. The first-order chi connectivity index (χ1) is 7.22. The number of nitrogens with zero attached hydrogens (tertiary/aromatic N) is 1. The molecule has 1 heterocycles. The Balaban J connectivity index is 2.25. The molecule has 0 aliphatic carbocycles. The van der Waals surface area contributed by atoms with Crippen molar-refractivity contribution in [2.45, 2.75) is 26.2 Å². The molecule has 0 radical (unpaired) electrons. The van der Waals surface area contributed by atoms with Crippen LogP contribution in [0.1, 0.15) is 26.2 Å². The van der Waals surface area contributed by atoms with Crippen LogP contribution in [0, 0.1) is 5.41 Å². The zero-order valence-electron chi connectivity index (χ0n) is 10.5. The normalized spacial score (nSPS) is 26.4. The van der Waals surface area contributed by atoms with E-state index in [4.69, 9.17) is 4.74 Å². The van der Waals surface area contributed by atoms with Crippen LogP contribution in [0.25, 0.3) is 0 Å². The van der Waals surface area contributed by atoms with Gasteiger partial charge in [-0.3, -0.25) is 0 Å². The second kappa shape index (κ2) is 6.46. The van der Waals surface area contributed by atoms with E-state index in [1.165, 1.54) is 32.5 Å². The van der Waals surface area contributed by atoms with Gasteiger partial charge in [-0.2, -0.15) is 0 Å². The van der Waals surface area contributed by atoms with Crippen LogP contribution in [0.3, 0.4) is 0 Å². The summed E-state index contributed by atoms with van der Waals surface area (Å²) in [5, 5.41) is 3.49. The standard InChI is InChI=1S/C12H26N2O/c1-4-12(6-7-13-10-12)11-14(2)8-5-9-15-3/h13H,4-11H2,1-3H3. The predicted molar refractivity (Wildman–Crippen MR) is 64.2 cm³/mol. The minimum absolute atomic E-state index is 0.530. The molecule has 0 spiro atoms. The summed E-state index contributed by atoms with van der Waals surface area (Å²) in [6, 6.07) is 0. The van der Waals surface area contributed by atoms with Gasteiger partial charge in [-0.05, 0) is 38.3 Å². The Labute approximate surface area is 94.2 Å². The Hall–Kier alpha value is -0.120. The van der Waals surface area contributed by atoms with Crippen molar-refractivity contribution in [2.75, 3.05) is 46.9 Å². The lowest BCUT2D eigenvalue weighted by Crippen LogP contribution is -2.37. The van der Waals surface area contributed by atoms with Gasteiger partial charge in [0.2, 0.25) is 0 Å². The number of methoxy groups -OCH3 is 1. The largest absolute Gasteiger partial charge is 0.385 e. The first-order valence-electron chi connectivity index (χ1n) is 6.11. The van der Waals surface area contributed by atoms with Gasteiger partial charge >= 0.3 is 0 Å². The summed E-state index contributed by atoms with van der Waals surface area (Å²) < 4.78 is 5.07. The van der Waals surface area contributed by atoms with Gasteiger partial charge in [-0.25, -0.2) is 0 Å². The van der Waals surface area contributed by atoms with Crippen LogP contribution in [0.2, 0.25) is 0 Å². The van der Waals surface area contributed by atoms with E-state index >= 15 is 0 Å². The molecule has 90 valence electrons. The van der Waals surface area contributed by atoms with E-state index in [1.807, 2.05) is 0 Å². The van der Waals surface area contributed by atoms with Crippen molar-refractivity contribution in [1.82, 2.24) is 10.2 Å². The van der Waals surface area contributed by atoms with Crippen molar-refractivity contribution < 1.29 is 4.74 Å². The molecule has 0 bridgehead atoms. The molecule has 1 unspecified atom stereocenters. The van der Waals surface area contributed by atoms with Gasteiger partial charge in [0.1, 0.15) is 0 Å². The van der Waals surface area contributed by atoms with Crippen LogP contribution in [0.5, 0.6) is 0 Å². The average Bonchev–Trinajstić information content (AvgIpc) is 2.67. The predicted octanol–water partition coefficient (Wildman–Crippen LogP) is 1.34. The second-order valence-electron chi connectivity index (χ2n) is 4.86. The molecule has 0 aromatic rings. The molecule has 1 aliphatic rings. The SMILES string of the molecule is CCC1(CN(C)CCCOC)CCNC1. The van der Waals surface area contributed by atoms with E-state index in [0.717, 1.165) is 19.6 Å². The van der Waals surface area contributed by atoms with Crippen LogP contribution >= 0.6 is 0 Å². The number of ether oxygens (including phenoxy) is 1. The number of rotatable bonds is 7. The number of hydrogen-bond donors (Lipinski definition) is 1. The fourth-order valence-corrected chi connectivity index (χ4v) is 2.47. The fourth-order valence-electron chi connectivity index (χ4n) is 2.47. The summed E-state index contributed by atoms with van der Waals surface area (Å²) >= 11 is 0. The van der Waals surface area contributed by atoms with Gasteiger partial charge < -0.3 is 15.0 Å². The lowest BCUT2D eigenvalue weighted by atomic mass is 9.84. The number of hydrogen-bond acceptors (Lipinski definition) is 3. The molecular weight excluding hydrogens is 188 g/mol. The maximum Gasteiger partial charge on any atom is 0.0474 e. The average molecular weight is 214 g/mol. The van der Waals surface area contributed by atoms with Crippen molar-refractivity contribution in [3.63, 3.8) is 0 Å². The van der Waals surface area contributed by atoms with Crippen LogP contribution in [0.15, 0.2) is 0 Å². The van der Waals surface area contributed by atoms with Gasteiger partial charge in [0.25, 0.3) is 0 Å². The van der Waals surface area contributed by atoms with E-state index in [9.17, 15) is 0 Å². The molecule has 0 saturated carbocycles. The third-order valence-corrected chi connectivity index (χ3v) is 3.58. The molecule has 0 aromatic carbocycles. The van der Waals surface area contributed by atoms with E-state index in [2.05, 4.69) is 24.2 Å². The topological polar surface area (TPSA) is 24.5 Å². The summed E-state index contributed by atoms with van der Waals surface area (Å²) in [6.07, 6.45) is 3.76. The zero-order chi connectivity index (χ0) is 11.1. The smallest absolute Gasteiger partial charge is 0.0474 e. The van der Waals surface area contributed by atoms with Gasteiger partial charge in [0, 0.05) is 33.4 Å². The zero-order valence-corrected chi connectivity index (χ0v) is 10.5. The highest BCUT2D eigenvalue weighted by Gasteiger charge is 2.32. The number of nitrogens with one attached hydrogen (secondary N) is 1. The first kappa shape index (κ1) is 12.9. The summed E-state index contributed by atoms with van der Waals surface area (Å²) in [5.74, 6) is 0. The molecule has 15 heavy (non-hydrogen) atoms. The molecule has 1 saturated heterocycles. The lowest BCUT2D eigenvalue weighted by Gasteiger charge is -2.32. The maximum absolute atomic E-state index is 5.07. The van der Waals surface area contributed by atoms with E-state index < -0.39 is 0 Å². The van der Waals surface area contributed by atoms with E-state index in [1.54, 1.807) is 7.11 Å². The molecule has 0 amide bonds. The molecule has 1 aliphatic heterocycles. The van der Waals surface area contributed by atoms with Gasteiger partial charge in [-0.1, -0.05) is 6.92 Å². The summed E-state index contributed by atoms with van der Waals surface area (Å²) in [6.45, 7) is 7.95. The highest BCUT2D eigenvalue weighted by Crippen LogP contribution is 2.29. The van der Waals surface area contributed by atoms with Crippen molar-refractivity contribution in [3.8, 4) is 0 Å². The Bertz CT molecular complexity index is 167.